The number of carbonyl (C=O) groups excluding carboxylic acids is 1. The normalized spacial score (nSPS) is 20.2. The van der Waals surface area contributed by atoms with E-state index < -0.39 is 23.8 Å². The van der Waals surface area contributed by atoms with E-state index >= 15 is 0 Å². The summed E-state index contributed by atoms with van der Waals surface area (Å²) >= 11 is 12.3. The summed E-state index contributed by atoms with van der Waals surface area (Å²) in [6.07, 6.45) is -3.42. The van der Waals surface area contributed by atoms with Crippen molar-refractivity contribution in [3.05, 3.63) is 63.5 Å². The van der Waals surface area contributed by atoms with Crippen molar-refractivity contribution in [1.82, 2.24) is 24.6 Å². The monoisotopic (exact) mass is 483 g/mol. The number of halogens is 5. The van der Waals surface area contributed by atoms with Gasteiger partial charge in [0, 0.05) is 12.7 Å². The van der Waals surface area contributed by atoms with Crippen LogP contribution in [0, 0.1) is 0 Å². The fourth-order valence-electron chi connectivity index (χ4n) is 4.06. The van der Waals surface area contributed by atoms with E-state index in [0.717, 1.165) is 18.3 Å². The van der Waals surface area contributed by atoms with Crippen molar-refractivity contribution in [2.45, 2.75) is 24.8 Å². The quantitative estimate of drug-likeness (QED) is 0.544. The highest BCUT2D eigenvalue weighted by Gasteiger charge is 2.44. The second-order valence-electron chi connectivity index (χ2n) is 7.44. The van der Waals surface area contributed by atoms with E-state index in [2.05, 4.69) is 15.2 Å². The Morgan fingerprint density at radius 2 is 1.97 bits per heavy atom. The Morgan fingerprint density at radius 3 is 2.75 bits per heavy atom. The van der Waals surface area contributed by atoms with Gasteiger partial charge in [0.15, 0.2) is 11.6 Å². The molecule has 0 saturated carbocycles. The van der Waals surface area contributed by atoms with Gasteiger partial charge in [0.25, 0.3) is 5.91 Å². The lowest BCUT2D eigenvalue weighted by atomic mass is 10.0. The molecule has 0 unspecified atom stereocenters. The summed E-state index contributed by atoms with van der Waals surface area (Å²) in [7, 11) is 0. The number of morpholine rings is 1. The standard InChI is InChI=1S/C20H14Cl2F3N5O2/c21-13-3-1-2-12(16(13)22)19(31)30-11-7-29-17(27-28-18(29)15(30)9-32-8-11)14-6-10(4-5-26-14)20(23,24)25/h1-6,11,15H,7-9H2/t11-,15-/m1/s1. The van der Waals surface area contributed by atoms with Crippen molar-refractivity contribution in [3.63, 3.8) is 0 Å². The lowest BCUT2D eigenvalue weighted by molar-refractivity contribution is -0.137. The van der Waals surface area contributed by atoms with E-state index in [4.69, 9.17) is 27.9 Å². The first-order valence-corrected chi connectivity index (χ1v) is 10.3. The van der Waals surface area contributed by atoms with Gasteiger partial charge < -0.3 is 14.2 Å². The SMILES string of the molecule is O=C(c1cccc(Cl)c1Cl)N1[C@H]2COC[C@@H]1c1nnc(-c3cc(C(F)(F)F)ccn3)n1C2. The number of hydrogen-bond acceptors (Lipinski definition) is 5. The van der Waals surface area contributed by atoms with E-state index in [9.17, 15) is 18.0 Å². The Morgan fingerprint density at radius 1 is 1.16 bits per heavy atom. The van der Waals surface area contributed by atoms with Crippen molar-refractivity contribution < 1.29 is 22.7 Å². The van der Waals surface area contributed by atoms with Gasteiger partial charge >= 0.3 is 6.18 Å². The first kappa shape index (κ1) is 21.2. The maximum Gasteiger partial charge on any atom is 0.416 e. The fraction of sp³-hybridized carbons (Fsp3) is 0.300. The number of amides is 1. The summed E-state index contributed by atoms with van der Waals surface area (Å²) in [5, 5.41) is 8.68. The Kier molecular flexibility index (Phi) is 5.11. The van der Waals surface area contributed by atoms with Crippen molar-refractivity contribution in [1.29, 1.82) is 0 Å². The molecule has 7 nitrogen and oxygen atoms in total. The molecule has 0 N–H and O–H groups in total. The molecule has 4 heterocycles. The summed E-state index contributed by atoms with van der Waals surface area (Å²) in [5.41, 5.74) is -0.523. The van der Waals surface area contributed by atoms with Crippen LogP contribution in [-0.2, 0) is 17.5 Å². The molecule has 2 aliphatic heterocycles. The molecule has 2 atom stereocenters. The third-order valence-corrected chi connectivity index (χ3v) is 6.34. The van der Waals surface area contributed by atoms with Gasteiger partial charge in [0.2, 0.25) is 0 Å². The van der Waals surface area contributed by atoms with Crippen LogP contribution < -0.4 is 0 Å². The van der Waals surface area contributed by atoms with Crippen LogP contribution in [0.5, 0.6) is 0 Å². The van der Waals surface area contributed by atoms with E-state index in [1.54, 1.807) is 27.7 Å². The van der Waals surface area contributed by atoms with Gasteiger partial charge in [-0.3, -0.25) is 9.78 Å². The predicted octanol–water partition coefficient (Wildman–Crippen LogP) is 4.26. The second kappa shape index (κ2) is 7.72. The number of fused-ring (bicyclic) bond motifs is 4. The molecule has 3 aromatic rings. The first-order valence-electron chi connectivity index (χ1n) is 9.57. The lowest BCUT2D eigenvalue weighted by Crippen LogP contribution is -2.56. The van der Waals surface area contributed by atoms with Gasteiger partial charge in [0.1, 0.15) is 11.7 Å². The molecule has 0 radical (unpaired) electrons. The molecule has 0 aliphatic carbocycles. The topological polar surface area (TPSA) is 73.1 Å². The van der Waals surface area contributed by atoms with Crippen LogP contribution in [0.1, 0.15) is 27.8 Å². The first-order chi connectivity index (χ1) is 15.3. The van der Waals surface area contributed by atoms with Crippen LogP contribution in [0.25, 0.3) is 11.5 Å². The van der Waals surface area contributed by atoms with Crippen LogP contribution in [0.2, 0.25) is 10.0 Å². The zero-order valence-corrected chi connectivity index (χ0v) is 17.7. The van der Waals surface area contributed by atoms with Crippen LogP contribution in [0.3, 0.4) is 0 Å². The number of rotatable bonds is 2. The number of benzene rings is 1. The number of ether oxygens (including phenoxy) is 1. The summed E-state index contributed by atoms with van der Waals surface area (Å²) in [5.74, 6) is 0.279. The highest BCUT2D eigenvalue weighted by Crippen LogP contribution is 2.38. The van der Waals surface area contributed by atoms with Gasteiger partial charge in [-0.05, 0) is 24.3 Å². The van der Waals surface area contributed by atoms with Crippen molar-refractivity contribution in [2.75, 3.05) is 13.2 Å². The molecule has 2 aromatic heterocycles. The van der Waals surface area contributed by atoms with Crippen molar-refractivity contribution in [3.8, 4) is 11.5 Å². The molecule has 1 saturated heterocycles. The molecular formula is C20H14Cl2F3N5O2. The van der Waals surface area contributed by atoms with E-state index in [1.165, 1.54) is 0 Å². The molecular weight excluding hydrogens is 470 g/mol. The number of pyridine rings is 1. The highest BCUT2D eigenvalue weighted by molar-refractivity contribution is 6.43. The Hall–Kier alpha value is -2.69. The molecule has 2 aliphatic rings. The summed E-state index contributed by atoms with van der Waals surface area (Å²) in [4.78, 5) is 19.0. The smallest absolute Gasteiger partial charge is 0.377 e. The maximum absolute atomic E-state index is 13.4. The molecule has 1 fully saturated rings. The van der Waals surface area contributed by atoms with Gasteiger partial charge in [-0.15, -0.1) is 10.2 Å². The number of nitrogens with zero attached hydrogens (tertiary/aromatic N) is 5. The third-order valence-electron chi connectivity index (χ3n) is 5.52. The van der Waals surface area contributed by atoms with Gasteiger partial charge in [-0.2, -0.15) is 13.2 Å². The van der Waals surface area contributed by atoms with Crippen LogP contribution in [-0.4, -0.2) is 49.8 Å². The zero-order chi connectivity index (χ0) is 22.6. The van der Waals surface area contributed by atoms with Crippen molar-refractivity contribution >= 4 is 29.1 Å². The predicted molar refractivity (Wildman–Crippen MR) is 108 cm³/mol. The zero-order valence-electron chi connectivity index (χ0n) is 16.2. The van der Waals surface area contributed by atoms with Gasteiger partial charge in [-0.1, -0.05) is 29.3 Å². The Bertz CT molecular complexity index is 1220. The minimum Gasteiger partial charge on any atom is -0.377 e. The van der Waals surface area contributed by atoms with E-state index in [0.29, 0.717) is 5.82 Å². The summed E-state index contributed by atoms with van der Waals surface area (Å²) in [6.45, 7) is 0.637. The van der Waals surface area contributed by atoms with Gasteiger partial charge in [0.05, 0.1) is 40.4 Å². The maximum atomic E-state index is 13.4. The van der Waals surface area contributed by atoms with Crippen LogP contribution in [0.4, 0.5) is 13.2 Å². The molecule has 32 heavy (non-hydrogen) atoms. The molecule has 2 bridgehead atoms. The lowest BCUT2D eigenvalue weighted by Gasteiger charge is -2.45. The van der Waals surface area contributed by atoms with E-state index in [-0.39, 0.29) is 52.8 Å². The second-order valence-corrected chi connectivity index (χ2v) is 8.23. The third kappa shape index (κ3) is 3.42. The number of carbonyl (C=O) groups is 1. The Balaban J connectivity index is 1.54. The molecule has 166 valence electrons. The molecule has 1 amide bonds. The number of aromatic nitrogens is 4. The number of hydrogen-bond donors (Lipinski definition) is 0. The molecule has 1 aromatic carbocycles. The van der Waals surface area contributed by atoms with Crippen LogP contribution in [0.15, 0.2) is 36.5 Å². The van der Waals surface area contributed by atoms with Crippen LogP contribution >= 0.6 is 23.2 Å². The highest BCUT2D eigenvalue weighted by atomic mass is 35.5. The fourth-order valence-corrected chi connectivity index (χ4v) is 4.44. The minimum absolute atomic E-state index is 0.0511. The summed E-state index contributed by atoms with van der Waals surface area (Å²) in [6, 6.07) is 5.66. The average Bonchev–Trinajstić information content (AvgIpc) is 3.18. The molecule has 0 spiro atoms. The number of alkyl halides is 3. The average molecular weight is 484 g/mol. The summed E-state index contributed by atoms with van der Waals surface area (Å²) < 4.78 is 46.8. The Labute approximate surface area is 189 Å². The van der Waals surface area contributed by atoms with Gasteiger partial charge in [-0.25, -0.2) is 0 Å². The molecule has 12 heteroatoms. The molecule has 5 rings (SSSR count). The minimum atomic E-state index is -4.51. The van der Waals surface area contributed by atoms with E-state index in [1.807, 2.05) is 0 Å². The largest absolute Gasteiger partial charge is 0.416 e. The van der Waals surface area contributed by atoms with Crippen molar-refractivity contribution in [2.24, 2.45) is 0 Å².